The van der Waals surface area contributed by atoms with E-state index in [2.05, 4.69) is 4.89 Å². The quantitative estimate of drug-likeness (QED) is 0.361. The normalized spacial score (nSPS) is 27.2. The molecule has 1 rings (SSSR count). The van der Waals surface area contributed by atoms with Crippen LogP contribution in [-0.2, 0) is 19.2 Å². The molecule has 0 aromatic carbocycles. The van der Waals surface area contributed by atoms with E-state index in [1.807, 2.05) is 0 Å². The molecule has 0 spiro atoms. The summed E-state index contributed by atoms with van der Waals surface area (Å²) in [6, 6.07) is 0. The molecule has 0 amide bonds. The summed E-state index contributed by atoms with van der Waals surface area (Å²) in [6.07, 6.45) is 7.24. The van der Waals surface area contributed by atoms with Gasteiger partial charge in [0.15, 0.2) is 0 Å². The maximum atomic E-state index is 11.5. The van der Waals surface area contributed by atoms with E-state index in [-0.39, 0.29) is 0 Å². The molecule has 1 fully saturated rings. The molecule has 0 aromatic rings. The molecule has 0 saturated heterocycles. The molecule has 1 saturated carbocycles. The van der Waals surface area contributed by atoms with Crippen LogP contribution < -0.4 is 0 Å². The Morgan fingerprint density at radius 1 is 1.05 bits per heavy atom. The van der Waals surface area contributed by atoms with Crippen LogP contribution in [0.3, 0.4) is 0 Å². The molecule has 0 heterocycles. The van der Waals surface area contributed by atoms with E-state index in [1.165, 1.54) is 6.92 Å². The number of hydrogen-bond acceptors (Lipinski definition) is 5. The van der Waals surface area contributed by atoms with E-state index in [1.54, 1.807) is 0 Å². The van der Waals surface area contributed by atoms with Gasteiger partial charge in [-0.2, -0.15) is 4.89 Å². The van der Waals surface area contributed by atoms with Gasteiger partial charge >= 0.3 is 5.97 Å². The first-order chi connectivity index (χ1) is 9.08. The van der Waals surface area contributed by atoms with Crippen LogP contribution in [-0.4, -0.2) is 22.8 Å². The van der Waals surface area contributed by atoms with Gasteiger partial charge in [-0.25, -0.2) is 5.26 Å². The zero-order chi connectivity index (χ0) is 14.1. The van der Waals surface area contributed by atoms with E-state index in [9.17, 15) is 9.59 Å². The third kappa shape index (κ3) is 6.16. The van der Waals surface area contributed by atoms with Crippen LogP contribution >= 0.6 is 0 Å². The van der Waals surface area contributed by atoms with Crippen LogP contribution in [0.5, 0.6) is 0 Å². The van der Waals surface area contributed by atoms with Crippen LogP contribution in [0.1, 0.15) is 71.1 Å². The summed E-state index contributed by atoms with van der Waals surface area (Å²) >= 11 is 0. The van der Waals surface area contributed by atoms with E-state index < -0.39 is 11.8 Å². The average Bonchev–Trinajstić information content (AvgIpc) is 2.36. The second kappa shape index (κ2) is 8.27. The van der Waals surface area contributed by atoms with Crippen LogP contribution in [0.4, 0.5) is 0 Å². The number of ether oxygens (including phenoxy) is 1. The minimum atomic E-state index is -1.23. The zero-order valence-corrected chi connectivity index (χ0v) is 11.7. The van der Waals surface area contributed by atoms with Crippen molar-refractivity contribution in [3.63, 3.8) is 0 Å². The molecule has 1 atom stereocenters. The summed E-state index contributed by atoms with van der Waals surface area (Å²) < 4.78 is 5.16. The molecule has 0 aromatic heterocycles. The molecular formula is C14H24O5. The molecule has 0 bridgehead atoms. The molecule has 5 nitrogen and oxygen atoms in total. The highest BCUT2D eigenvalue weighted by Crippen LogP contribution is 2.28. The number of carbonyl (C=O) groups excluding carboxylic acids is 2. The molecule has 1 aliphatic carbocycles. The van der Waals surface area contributed by atoms with Gasteiger partial charge in [-0.3, -0.25) is 9.59 Å². The Morgan fingerprint density at radius 2 is 1.58 bits per heavy atom. The highest BCUT2D eigenvalue weighted by molar-refractivity contribution is 5.78. The fourth-order valence-electron chi connectivity index (χ4n) is 2.51. The molecular weight excluding hydrogens is 248 g/mol. The number of Topliss-reactive ketones (excluding diaryl/α,β-unsaturated/α-hetero) is 1. The highest BCUT2D eigenvalue weighted by Gasteiger charge is 2.34. The minimum Gasteiger partial charge on any atom is -0.431 e. The Labute approximate surface area is 114 Å². The minimum absolute atomic E-state index is 0.295. The first-order valence-electron chi connectivity index (χ1n) is 7.12. The first kappa shape index (κ1) is 16.1. The van der Waals surface area contributed by atoms with Crippen molar-refractivity contribution in [1.29, 1.82) is 0 Å². The molecule has 1 N–H and O–H groups in total. The van der Waals surface area contributed by atoms with Crippen molar-refractivity contribution in [3.8, 4) is 0 Å². The van der Waals surface area contributed by atoms with Gasteiger partial charge in [-0.1, -0.05) is 12.8 Å². The van der Waals surface area contributed by atoms with E-state index in [4.69, 9.17) is 9.99 Å². The van der Waals surface area contributed by atoms with Crippen LogP contribution in [0.15, 0.2) is 0 Å². The predicted molar refractivity (Wildman–Crippen MR) is 69.4 cm³/mol. The standard InChI is InChI=1S/C14H24O5/c1-12(15)18-14(19-17)10-6-3-2-4-8-13(16)9-5-7-11-14/h17H,2-11H2,1H3. The van der Waals surface area contributed by atoms with Crippen molar-refractivity contribution >= 4 is 11.8 Å². The lowest BCUT2D eigenvalue weighted by Crippen LogP contribution is -2.37. The van der Waals surface area contributed by atoms with Crippen molar-refractivity contribution in [2.24, 2.45) is 0 Å². The topological polar surface area (TPSA) is 72.8 Å². The third-order valence-corrected chi connectivity index (χ3v) is 3.52. The number of rotatable bonds is 2. The van der Waals surface area contributed by atoms with Crippen LogP contribution in [0.2, 0.25) is 0 Å². The van der Waals surface area contributed by atoms with E-state index in [0.29, 0.717) is 37.9 Å². The Balaban J connectivity index is 2.61. The molecule has 0 aliphatic heterocycles. The second-order valence-corrected chi connectivity index (χ2v) is 5.26. The van der Waals surface area contributed by atoms with E-state index in [0.717, 1.165) is 32.1 Å². The lowest BCUT2D eigenvalue weighted by atomic mass is 9.96. The van der Waals surface area contributed by atoms with Gasteiger partial charge in [0.2, 0.25) is 5.79 Å². The Kier molecular flexibility index (Phi) is 7.02. The van der Waals surface area contributed by atoms with Crippen LogP contribution in [0, 0.1) is 0 Å². The summed E-state index contributed by atoms with van der Waals surface area (Å²) in [5, 5.41) is 9.10. The second-order valence-electron chi connectivity index (χ2n) is 5.26. The van der Waals surface area contributed by atoms with Crippen molar-refractivity contribution in [2.45, 2.75) is 76.9 Å². The maximum absolute atomic E-state index is 11.5. The van der Waals surface area contributed by atoms with Gasteiger partial charge < -0.3 is 4.74 Å². The van der Waals surface area contributed by atoms with Gasteiger partial charge in [0.25, 0.3) is 0 Å². The summed E-state index contributed by atoms with van der Waals surface area (Å²) in [7, 11) is 0. The monoisotopic (exact) mass is 272 g/mol. The van der Waals surface area contributed by atoms with Crippen molar-refractivity contribution in [2.75, 3.05) is 0 Å². The number of esters is 1. The summed E-state index contributed by atoms with van der Waals surface area (Å²) in [4.78, 5) is 27.2. The Hall–Kier alpha value is -0.940. The highest BCUT2D eigenvalue weighted by atomic mass is 17.1. The predicted octanol–water partition coefficient (Wildman–Crippen LogP) is 3.22. The summed E-state index contributed by atoms with van der Waals surface area (Å²) in [6.45, 7) is 1.31. The fraction of sp³-hybridized carbons (Fsp3) is 0.857. The Morgan fingerprint density at radius 3 is 2.16 bits per heavy atom. The largest absolute Gasteiger partial charge is 0.431 e. The Bertz CT molecular complexity index is 302. The number of ketones is 1. The lowest BCUT2D eigenvalue weighted by Gasteiger charge is -2.30. The van der Waals surface area contributed by atoms with Gasteiger partial charge in [0.05, 0.1) is 0 Å². The molecule has 1 unspecified atom stereocenters. The molecule has 19 heavy (non-hydrogen) atoms. The summed E-state index contributed by atoms with van der Waals surface area (Å²) in [5.41, 5.74) is 0. The number of carbonyl (C=O) groups is 2. The van der Waals surface area contributed by atoms with Gasteiger partial charge in [0, 0.05) is 32.6 Å². The van der Waals surface area contributed by atoms with Crippen LogP contribution in [0.25, 0.3) is 0 Å². The maximum Gasteiger partial charge on any atom is 0.305 e. The average molecular weight is 272 g/mol. The lowest BCUT2D eigenvalue weighted by molar-refractivity contribution is -0.396. The molecule has 5 heteroatoms. The van der Waals surface area contributed by atoms with Crippen molar-refractivity contribution < 1.29 is 24.5 Å². The van der Waals surface area contributed by atoms with Crippen molar-refractivity contribution in [3.05, 3.63) is 0 Å². The van der Waals surface area contributed by atoms with E-state index >= 15 is 0 Å². The molecule has 110 valence electrons. The molecule has 1 aliphatic rings. The third-order valence-electron chi connectivity index (χ3n) is 3.52. The van der Waals surface area contributed by atoms with Gasteiger partial charge in [-0.05, 0) is 25.7 Å². The smallest absolute Gasteiger partial charge is 0.305 e. The van der Waals surface area contributed by atoms with Crippen molar-refractivity contribution in [1.82, 2.24) is 0 Å². The zero-order valence-electron chi connectivity index (χ0n) is 11.7. The SMILES string of the molecule is CC(=O)OC1(OO)CCCCCCC(=O)CCCC1. The first-order valence-corrected chi connectivity index (χ1v) is 7.12. The fourth-order valence-corrected chi connectivity index (χ4v) is 2.51. The summed E-state index contributed by atoms with van der Waals surface area (Å²) in [5.74, 6) is -1.39. The number of hydrogen-bond donors (Lipinski definition) is 1. The molecule has 0 radical (unpaired) electrons. The van der Waals surface area contributed by atoms with Gasteiger partial charge in [-0.15, -0.1) is 0 Å². The van der Waals surface area contributed by atoms with Gasteiger partial charge in [0.1, 0.15) is 5.78 Å².